The highest BCUT2D eigenvalue weighted by atomic mass is 15.3. The van der Waals surface area contributed by atoms with E-state index in [2.05, 4.69) is 45.2 Å². The van der Waals surface area contributed by atoms with E-state index < -0.39 is 0 Å². The average Bonchev–Trinajstić information content (AvgIpc) is 2.48. The summed E-state index contributed by atoms with van der Waals surface area (Å²) in [7, 11) is 2.14. The highest BCUT2D eigenvalue weighted by molar-refractivity contribution is 5.93. The minimum Gasteiger partial charge on any atom is -0.348 e. The van der Waals surface area contributed by atoms with Crippen LogP contribution in [0.1, 0.15) is 5.69 Å². The van der Waals surface area contributed by atoms with Gasteiger partial charge in [-0.1, -0.05) is 24.3 Å². The van der Waals surface area contributed by atoms with E-state index in [0.29, 0.717) is 12.6 Å². The van der Waals surface area contributed by atoms with E-state index in [4.69, 9.17) is 5.73 Å². The van der Waals surface area contributed by atoms with Crippen molar-refractivity contribution in [1.82, 2.24) is 15.1 Å². The summed E-state index contributed by atoms with van der Waals surface area (Å²) < 4.78 is 0. The zero-order valence-electron chi connectivity index (χ0n) is 12.1. The molecule has 2 aromatic rings. The fraction of sp³-hybridized carbons (Fsp3) is 0.467. The maximum atomic E-state index is 5.95. The first-order valence-electron chi connectivity index (χ1n) is 7.08. The number of likely N-dealkylation sites (N-methyl/N-ethyl adjacent to an activating group) is 1. The predicted octanol–water partition coefficient (Wildman–Crippen LogP) is 1.02. The number of nitrogens with zero attached hydrogens (tertiary/aromatic N) is 4. The number of benzene rings is 1. The van der Waals surface area contributed by atoms with Crippen LogP contribution in [0.25, 0.3) is 10.8 Å². The van der Waals surface area contributed by atoms with Gasteiger partial charge in [0.1, 0.15) is 0 Å². The van der Waals surface area contributed by atoms with E-state index in [1.165, 1.54) is 10.8 Å². The molecule has 0 amide bonds. The lowest BCUT2D eigenvalue weighted by Crippen LogP contribution is -2.55. The smallest absolute Gasteiger partial charge is 0.159 e. The second kappa shape index (κ2) is 5.34. The van der Waals surface area contributed by atoms with Crippen molar-refractivity contribution < 1.29 is 0 Å². The van der Waals surface area contributed by atoms with Crippen LogP contribution >= 0.6 is 0 Å². The molecular formula is C15H21N5. The Bertz CT molecular complexity index is 612. The molecule has 0 spiro atoms. The lowest BCUT2D eigenvalue weighted by molar-refractivity contribution is 0.269. The lowest BCUT2D eigenvalue weighted by atomic mass is 10.1. The summed E-state index contributed by atoms with van der Waals surface area (Å²) in [5, 5.41) is 11.1. The molecule has 20 heavy (non-hydrogen) atoms. The monoisotopic (exact) mass is 271 g/mol. The Labute approximate surface area is 119 Å². The molecular weight excluding hydrogens is 250 g/mol. The quantitative estimate of drug-likeness (QED) is 0.883. The molecule has 2 N–H and O–H groups in total. The van der Waals surface area contributed by atoms with Crippen LogP contribution in [0.2, 0.25) is 0 Å². The van der Waals surface area contributed by atoms with Crippen molar-refractivity contribution in [1.29, 1.82) is 0 Å². The largest absolute Gasteiger partial charge is 0.348 e. The maximum absolute atomic E-state index is 5.95. The number of hydrogen-bond donors (Lipinski definition) is 1. The van der Waals surface area contributed by atoms with Crippen molar-refractivity contribution >= 4 is 16.6 Å². The third-order valence-corrected chi connectivity index (χ3v) is 4.08. The van der Waals surface area contributed by atoms with Crippen LogP contribution in [-0.4, -0.2) is 54.4 Å². The van der Waals surface area contributed by atoms with Gasteiger partial charge in [0.05, 0.1) is 11.7 Å². The minimum atomic E-state index is 0.300. The third-order valence-electron chi connectivity index (χ3n) is 4.08. The van der Waals surface area contributed by atoms with E-state index in [9.17, 15) is 0 Å². The molecule has 5 heteroatoms. The molecule has 1 saturated heterocycles. The van der Waals surface area contributed by atoms with Gasteiger partial charge in [-0.05, 0) is 14.0 Å². The molecule has 1 aliphatic heterocycles. The molecule has 1 aromatic carbocycles. The first kappa shape index (κ1) is 13.3. The molecule has 3 rings (SSSR count). The van der Waals surface area contributed by atoms with Crippen molar-refractivity contribution in [2.24, 2.45) is 5.73 Å². The Morgan fingerprint density at radius 1 is 1.20 bits per heavy atom. The summed E-state index contributed by atoms with van der Waals surface area (Å²) in [6, 6.07) is 8.63. The number of rotatable bonds is 2. The molecule has 1 atom stereocenters. The molecule has 1 unspecified atom stereocenters. The maximum Gasteiger partial charge on any atom is 0.159 e. The molecule has 1 aromatic heterocycles. The summed E-state index contributed by atoms with van der Waals surface area (Å²) in [6.45, 7) is 5.58. The predicted molar refractivity (Wildman–Crippen MR) is 82.0 cm³/mol. The average molecular weight is 271 g/mol. The van der Waals surface area contributed by atoms with Gasteiger partial charge in [-0.3, -0.25) is 0 Å². The van der Waals surface area contributed by atoms with E-state index in [1.807, 2.05) is 13.0 Å². The Morgan fingerprint density at radius 3 is 2.70 bits per heavy atom. The van der Waals surface area contributed by atoms with Crippen LogP contribution in [0.15, 0.2) is 24.3 Å². The van der Waals surface area contributed by atoms with Crippen molar-refractivity contribution in [2.45, 2.75) is 13.0 Å². The molecule has 0 aliphatic carbocycles. The fourth-order valence-electron chi connectivity index (χ4n) is 2.93. The molecule has 1 aliphatic rings. The van der Waals surface area contributed by atoms with Crippen molar-refractivity contribution in [3.63, 3.8) is 0 Å². The van der Waals surface area contributed by atoms with Gasteiger partial charge < -0.3 is 15.5 Å². The first-order valence-corrected chi connectivity index (χ1v) is 7.08. The van der Waals surface area contributed by atoms with Crippen LogP contribution in [0.5, 0.6) is 0 Å². The number of hydrogen-bond acceptors (Lipinski definition) is 5. The zero-order valence-corrected chi connectivity index (χ0v) is 12.1. The van der Waals surface area contributed by atoms with Gasteiger partial charge in [0.25, 0.3) is 0 Å². The standard InChI is InChI=1S/C15H21N5/c1-11-13-5-3-4-6-14(13)15(18-17-11)20-8-7-19(2)10-12(20)9-16/h3-6,12H,7-10,16H2,1-2H3. The van der Waals surface area contributed by atoms with Gasteiger partial charge in [0.2, 0.25) is 0 Å². The number of nitrogens with two attached hydrogens (primary N) is 1. The molecule has 0 radical (unpaired) electrons. The Hall–Kier alpha value is -1.72. The van der Waals surface area contributed by atoms with Crippen LogP contribution in [-0.2, 0) is 0 Å². The van der Waals surface area contributed by atoms with Gasteiger partial charge in [0.15, 0.2) is 5.82 Å². The molecule has 5 nitrogen and oxygen atoms in total. The topological polar surface area (TPSA) is 58.3 Å². The van der Waals surface area contributed by atoms with E-state index in [-0.39, 0.29) is 0 Å². The molecule has 0 saturated carbocycles. The van der Waals surface area contributed by atoms with Crippen molar-refractivity contribution in [3.8, 4) is 0 Å². The van der Waals surface area contributed by atoms with Gasteiger partial charge in [-0.15, -0.1) is 5.10 Å². The number of aromatic nitrogens is 2. The number of anilines is 1. The minimum absolute atomic E-state index is 0.300. The van der Waals surface area contributed by atoms with Gasteiger partial charge in [0, 0.05) is 37.0 Å². The second-order valence-electron chi connectivity index (χ2n) is 5.50. The van der Waals surface area contributed by atoms with Gasteiger partial charge in [-0.2, -0.15) is 5.10 Å². The Morgan fingerprint density at radius 2 is 1.95 bits per heavy atom. The second-order valence-corrected chi connectivity index (χ2v) is 5.50. The van der Waals surface area contributed by atoms with E-state index in [1.54, 1.807) is 0 Å². The first-order chi connectivity index (χ1) is 9.70. The normalized spacial score (nSPS) is 20.6. The summed E-state index contributed by atoms with van der Waals surface area (Å²) in [4.78, 5) is 4.63. The Balaban J connectivity index is 2.07. The molecule has 106 valence electrons. The van der Waals surface area contributed by atoms with E-state index >= 15 is 0 Å². The SMILES string of the molecule is Cc1nnc(N2CCN(C)CC2CN)c2ccccc12. The summed E-state index contributed by atoms with van der Waals surface area (Å²) in [5.41, 5.74) is 6.93. The lowest BCUT2D eigenvalue weighted by Gasteiger charge is -2.40. The molecule has 0 bridgehead atoms. The van der Waals surface area contributed by atoms with E-state index in [0.717, 1.165) is 31.1 Å². The number of piperazine rings is 1. The molecule has 1 fully saturated rings. The Kier molecular flexibility index (Phi) is 3.54. The van der Waals surface area contributed by atoms with Gasteiger partial charge >= 0.3 is 0 Å². The summed E-state index contributed by atoms with van der Waals surface area (Å²) in [6.07, 6.45) is 0. The molecule has 2 heterocycles. The third kappa shape index (κ3) is 2.23. The zero-order chi connectivity index (χ0) is 14.1. The number of fused-ring (bicyclic) bond motifs is 1. The van der Waals surface area contributed by atoms with Crippen molar-refractivity contribution in [2.75, 3.05) is 38.1 Å². The summed E-state index contributed by atoms with van der Waals surface area (Å²) >= 11 is 0. The highest BCUT2D eigenvalue weighted by Gasteiger charge is 2.26. The van der Waals surface area contributed by atoms with Crippen LogP contribution in [0.3, 0.4) is 0 Å². The van der Waals surface area contributed by atoms with Crippen LogP contribution < -0.4 is 10.6 Å². The highest BCUT2D eigenvalue weighted by Crippen LogP contribution is 2.27. The van der Waals surface area contributed by atoms with Crippen LogP contribution in [0.4, 0.5) is 5.82 Å². The summed E-state index contributed by atoms with van der Waals surface area (Å²) in [5.74, 6) is 0.967. The van der Waals surface area contributed by atoms with Gasteiger partial charge in [-0.25, -0.2) is 0 Å². The fourth-order valence-corrected chi connectivity index (χ4v) is 2.93. The van der Waals surface area contributed by atoms with Crippen molar-refractivity contribution in [3.05, 3.63) is 30.0 Å². The van der Waals surface area contributed by atoms with Crippen LogP contribution in [0, 0.1) is 6.92 Å². The number of aryl methyl sites for hydroxylation is 1.